The van der Waals surface area contributed by atoms with E-state index in [0.29, 0.717) is 5.13 Å². The van der Waals surface area contributed by atoms with Gasteiger partial charge in [-0.2, -0.15) is 0 Å². The highest BCUT2D eigenvalue weighted by Crippen LogP contribution is 2.22. The van der Waals surface area contributed by atoms with Crippen molar-refractivity contribution in [2.75, 3.05) is 5.32 Å². The van der Waals surface area contributed by atoms with Crippen LogP contribution in [0, 0.1) is 5.41 Å². The summed E-state index contributed by atoms with van der Waals surface area (Å²) < 4.78 is 1.73. The van der Waals surface area contributed by atoms with Gasteiger partial charge in [0.25, 0.3) is 0 Å². The maximum absolute atomic E-state index is 7.08. The Balaban J connectivity index is 2.20. The van der Waals surface area contributed by atoms with Gasteiger partial charge in [-0.3, -0.25) is 10.1 Å². The largest absolute Gasteiger partial charge is 0.370 e. The molecule has 0 atom stereocenters. The van der Waals surface area contributed by atoms with E-state index in [1.807, 2.05) is 18.5 Å². The van der Waals surface area contributed by atoms with Gasteiger partial charge in [0.15, 0.2) is 11.1 Å². The molecule has 0 spiro atoms. The number of thiazole rings is 1. The summed E-state index contributed by atoms with van der Waals surface area (Å²) in [7, 11) is 0. The number of rotatable bonds is 3. The minimum absolute atomic E-state index is 0.127. The highest BCUT2D eigenvalue weighted by atomic mass is 32.1. The Bertz CT molecular complexity index is 500. The van der Waals surface area contributed by atoms with Crippen molar-refractivity contribution in [1.29, 1.82) is 5.41 Å². The normalized spacial score (nSPS) is 10.3. The standard InChI is InChI=1S/C8H11N7S/c1-2-15-3-5(13-14-15)6-4-16-8(11-6)12-7(9)10/h3-4H,2H2,1H3,(H4,9,10,11,12). The van der Waals surface area contributed by atoms with Crippen LogP contribution < -0.4 is 11.1 Å². The number of aromatic nitrogens is 4. The molecule has 0 bridgehead atoms. The maximum Gasteiger partial charge on any atom is 0.192 e. The molecule has 2 heterocycles. The Morgan fingerprint density at radius 1 is 1.62 bits per heavy atom. The van der Waals surface area contributed by atoms with E-state index in [-0.39, 0.29) is 5.96 Å². The van der Waals surface area contributed by atoms with Crippen molar-refractivity contribution < 1.29 is 0 Å². The van der Waals surface area contributed by atoms with Crippen molar-refractivity contribution in [3.8, 4) is 11.4 Å². The fourth-order valence-electron chi connectivity index (χ4n) is 1.13. The van der Waals surface area contributed by atoms with Crippen molar-refractivity contribution in [2.45, 2.75) is 13.5 Å². The van der Waals surface area contributed by atoms with E-state index in [1.165, 1.54) is 11.3 Å². The average molecular weight is 237 g/mol. The second-order valence-corrected chi connectivity index (χ2v) is 3.89. The molecule has 2 aromatic rings. The number of guanidine groups is 1. The molecule has 0 amide bonds. The second-order valence-electron chi connectivity index (χ2n) is 3.04. The van der Waals surface area contributed by atoms with Gasteiger partial charge in [-0.15, -0.1) is 16.4 Å². The third-order valence-corrected chi connectivity index (χ3v) is 2.63. The summed E-state index contributed by atoms with van der Waals surface area (Å²) >= 11 is 1.37. The Labute approximate surface area is 95.8 Å². The van der Waals surface area contributed by atoms with Crippen LogP contribution in [0.4, 0.5) is 5.13 Å². The van der Waals surface area contributed by atoms with E-state index in [0.717, 1.165) is 17.9 Å². The van der Waals surface area contributed by atoms with Gasteiger partial charge in [-0.1, -0.05) is 5.21 Å². The van der Waals surface area contributed by atoms with Gasteiger partial charge >= 0.3 is 0 Å². The zero-order chi connectivity index (χ0) is 11.5. The Morgan fingerprint density at radius 2 is 2.44 bits per heavy atom. The Kier molecular flexibility index (Phi) is 2.82. The van der Waals surface area contributed by atoms with Gasteiger partial charge < -0.3 is 11.1 Å². The van der Waals surface area contributed by atoms with Crippen molar-refractivity contribution in [3.05, 3.63) is 11.6 Å². The van der Waals surface area contributed by atoms with Crippen molar-refractivity contribution in [3.63, 3.8) is 0 Å². The third kappa shape index (κ3) is 2.16. The first-order chi connectivity index (χ1) is 7.69. The lowest BCUT2D eigenvalue weighted by atomic mass is 10.4. The van der Waals surface area contributed by atoms with Crippen molar-refractivity contribution in [2.24, 2.45) is 5.73 Å². The zero-order valence-electron chi connectivity index (χ0n) is 8.64. The highest BCUT2D eigenvalue weighted by Gasteiger charge is 2.08. The fourth-order valence-corrected chi connectivity index (χ4v) is 1.85. The highest BCUT2D eigenvalue weighted by molar-refractivity contribution is 7.14. The summed E-state index contributed by atoms with van der Waals surface area (Å²) in [5.74, 6) is -0.127. The van der Waals surface area contributed by atoms with Gasteiger partial charge in [-0.25, -0.2) is 4.98 Å². The summed E-state index contributed by atoms with van der Waals surface area (Å²) in [4.78, 5) is 4.24. The van der Waals surface area contributed by atoms with Gasteiger partial charge in [0, 0.05) is 11.9 Å². The van der Waals surface area contributed by atoms with E-state index in [1.54, 1.807) is 4.68 Å². The zero-order valence-corrected chi connectivity index (χ0v) is 9.45. The quantitative estimate of drug-likeness (QED) is 0.539. The molecule has 0 saturated heterocycles. The molecule has 0 aliphatic heterocycles. The molecule has 84 valence electrons. The molecule has 0 aliphatic rings. The van der Waals surface area contributed by atoms with Gasteiger partial charge in [0.2, 0.25) is 0 Å². The molecular weight excluding hydrogens is 226 g/mol. The minimum Gasteiger partial charge on any atom is -0.370 e. The van der Waals surface area contributed by atoms with Gasteiger partial charge in [-0.05, 0) is 6.92 Å². The number of hydrogen-bond donors (Lipinski definition) is 3. The molecule has 16 heavy (non-hydrogen) atoms. The van der Waals surface area contributed by atoms with Crippen LogP contribution in [0.25, 0.3) is 11.4 Å². The molecule has 0 radical (unpaired) electrons. The van der Waals surface area contributed by atoms with Crippen molar-refractivity contribution in [1.82, 2.24) is 20.0 Å². The van der Waals surface area contributed by atoms with Gasteiger partial charge in [0.1, 0.15) is 11.4 Å². The first kappa shape index (κ1) is 10.6. The first-order valence-corrected chi connectivity index (χ1v) is 5.54. The third-order valence-electron chi connectivity index (χ3n) is 1.87. The van der Waals surface area contributed by atoms with Crippen LogP contribution in [-0.2, 0) is 6.54 Å². The average Bonchev–Trinajstić information content (AvgIpc) is 2.83. The summed E-state index contributed by atoms with van der Waals surface area (Å²) in [5, 5.41) is 20.0. The Morgan fingerprint density at radius 3 is 3.06 bits per heavy atom. The van der Waals surface area contributed by atoms with E-state index >= 15 is 0 Å². The smallest absolute Gasteiger partial charge is 0.192 e. The summed E-state index contributed by atoms with van der Waals surface area (Å²) in [6.07, 6.45) is 1.83. The molecule has 0 saturated carbocycles. The monoisotopic (exact) mass is 237 g/mol. The van der Waals surface area contributed by atoms with E-state index in [9.17, 15) is 0 Å². The molecule has 8 heteroatoms. The predicted octanol–water partition coefficient (Wildman–Crippen LogP) is 0.727. The number of aryl methyl sites for hydroxylation is 1. The molecule has 0 aromatic carbocycles. The lowest BCUT2D eigenvalue weighted by molar-refractivity contribution is 0.627. The maximum atomic E-state index is 7.08. The first-order valence-electron chi connectivity index (χ1n) is 4.66. The van der Waals surface area contributed by atoms with Crippen LogP contribution in [-0.4, -0.2) is 25.9 Å². The second kappa shape index (κ2) is 4.27. The van der Waals surface area contributed by atoms with E-state index in [4.69, 9.17) is 11.1 Å². The number of nitrogens with zero attached hydrogens (tertiary/aromatic N) is 4. The van der Waals surface area contributed by atoms with Crippen LogP contribution in [0.2, 0.25) is 0 Å². The number of nitrogens with two attached hydrogens (primary N) is 1. The van der Waals surface area contributed by atoms with Crippen LogP contribution in [0.5, 0.6) is 0 Å². The molecule has 2 rings (SSSR count). The number of hydrogen-bond acceptors (Lipinski definition) is 5. The lowest BCUT2D eigenvalue weighted by Crippen LogP contribution is -2.20. The van der Waals surface area contributed by atoms with E-state index in [2.05, 4.69) is 20.6 Å². The SMILES string of the molecule is CCn1cc(-c2csc(NC(=N)N)n2)nn1. The number of nitrogens with one attached hydrogen (secondary N) is 2. The molecule has 0 fully saturated rings. The van der Waals surface area contributed by atoms with Crippen molar-refractivity contribution >= 4 is 22.4 Å². The van der Waals surface area contributed by atoms with Crippen LogP contribution in [0.15, 0.2) is 11.6 Å². The predicted molar refractivity (Wildman–Crippen MR) is 62.3 cm³/mol. The lowest BCUT2D eigenvalue weighted by Gasteiger charge is -1.95. The molecule has 4 N–H and O–H groups in total. The molecule has 0 aliphatic carbocycles. The summed E-state index contributed by atoms with van der Waals surface area (Å²) in [6, 6.07) is 0. The van der Waals surface area contributed by atoms with Crippen LogP contribution in [0.1, 0.15) is 6.92 Å². The topological polar surface area (TPSA) is 106 Å². The number of anilines is 1. The van der Waals surface area contributed by atoms with Crippen LogP contribution >= 0.6 is 11.3 Å². The summed E-state index contributed by atoms with van der Waals surface area (Å²) in [6.45, 7) is 2.76. The summed E-state index contributed by atoms with van der Waals surface area (Å²) in [5.41, 5.74) is 6.65. The fraction of sp³-hybridized carbons (Fsp3) is 0.250. The molecular formula is C8H11N7S. The van der Waals surface area contributed by atoms with E-state index < -0.39 is 0 Å². The Hall–Kier alpha value is -1.96. The van der Waals surface area contributed by atoms with Crippen LogP contribution in [0.3, 0.4) is 0 Å². The molecule has 0 unspecified atom stereocenters. The minimum atomic E-state index is -0.127. The molecule has 2 aromatic heterocycles. The van der Waals surface area contributed by atoms with Gasteiger partial charge in [0.05, 0.1) is 6.20 Å². The molecule has 7 nitrogen and oxygen atoms in total.